The van der Waals surface area contributed by atoms with E-state index in [1.54, 1.807) is 18.3 Å². The van der Waals surface area contributed by atoms with E-state index in [0.717, 1.165) is 22.7 Å². The van der Waals surface area contributed by atoms with Crippen LogP contribution in [-0.4, -0.2) is 17.7 Å². The topological polar surface area (TPSA) is 72.5 Å². The summed E-state index contributed by atoms with van der Waals surface area (Å²) in [6, 6.07) is 18.9. The number of amides is 1. The molecule has 1 aromatic heterocycles. The molecule has 6 heteroatoms. The summed E-state index contributed by atoms with van der Waals surface area (Å²) in [5, 5.41) is 6.12. The first-order chi connectivity index (χ1) is 12.8. The van der Waals surface area contributed by atoms with E-state index in [1.807, 2.05) is 48.5 Å². The van der Waals surface area contributed by atoms with Crippen molar-refractivity contribution in [3.8, 4) is 11.5 Å². The second-order valence-electron chi connectivity index (χ2n) is 5.79. The summed E-state index contributed by atoms with van der Waals surface area (Å²) in [5.74, 6) is 1.21. The number of nitrogens with one attached hydrogen (secondary N) is 2. The Morgan fingerprint density at radius 3 is 2.65 bits per heavy atom. The summed E-state index contributed by atoms with van der Waals surface area (Å²) in [6.45, 7) is 0.695. The monoisotopic (exact) mass is 347 g/mol. The minimum atomic E-state index is -0.219. The molecular formula is C20H17N3O3. The molecule has 3 aromatic rings. The van der Waals surface area contributed by atoms with Gasteiger partial charge in [0, 0.05) is 30.2 Å². The molecular weight excluding hydrogens is 330 g/mol. The quantitative estimate of drug-likeness (QED) is 0.739. The number of fused-ring (bicyclic) bond motifs is 1. The average Bonchev–Trinajstić information content (AvgIpc) is 3.15. The van der Waals surface area contributed by atoms with Crippen molar-refractivity contribution in [3.63, 3.8) is 0 Å². The van der Waals surface area contributed by atoms with Gasteiger partial charge in [-0.3, -0.25) is 9.78 Å². The Kier molecular flexibility index (Phi) is 4.38. The van der Waals surface area contributed by atoms with Crippen molar-refractivity contribution in [1.29, 1.82) is 0 Å². The van der Waals surface area contributed by atoms with Crippen molar-refractivity contribution < 1.29 is 14.3 Å². The predicted molar refractivity (Wildman–Crippen MR) is 97.7 cm³/mol. The van der Waals surface area contributed by atoms with E-state index in [-0.39, 0.29) is 12.7 Å². The predicted octanol–water partition coefficient (Wildman–Crippen LogP) is 3.48. The Labute approximate surface area is 150 Å². The van der Waals surface area contributed by atoms with Crippen LogP contribution in [0, 0.1) is 0 Å². The number of benzene rings is 2. The third-order valence-electron chi connectivity index (χ3n) is 3.95. The lowest BCUT2D eigenvalue weighted by Crippen LogP contribution is -2.23. The summed E-state index contributed by atoms with van der Waals surface area (Å²) < 4.78 is 10.7. The van der Waals surface area contributed by atoms with E-state index in [1.165, 1.54) is 0 Å². The van der Waals surface area contributed by atoms with Crippen molar-refractivity contribution in [2.24, 2.45) is 0 Å². The third kappa shape index (κ3) is 3.59. The molecule has 4 rings (SSSR count). The van der Waals surface area contributed by atoms with Gasteiger partial charge in [0.15, 0.2) is 11.5 Å². The van der Waals surface area contributed by atoms with Gasteiger partial charge in [-0.15, -0.1) is 0 Å². The number of carbonyl (C=O) groups is 1. The van der Waals surface area contributed by atoms with Gasteiger partial charge in [0.1, 0.15) is 5.69 Å². The van der Waals surface area contributed by atoms with Gasteiger partial charge in [-0.05, 0) is 29.8 Å². The Morgan fingerprint density at radius 2 is 1.77 bits per heavy atom. The lowest BCUT2D eigenvalue weighted by atomic mass is 10.2. The van der Waals surface area contributed by atoms with Crippen molar-refractivity contribution >= 4 is 17.3 Å². The molecule has 0 bridgehead atoms. The van der Waals surface area contributed by atoms with Crippen molar-refractivity contribution in [3.05, 3.63) is 78.1 Å². The highest BCUT2D eigenvalue weighted by Crippen LogP contribution is 2.35. The molecule has 0 radical (unpaired) electrons. The number of pyridine rings is 1. The van der Waals surface area contributed by atoms with Crippen molar-refractivity contribution in [1.82, 2.24) is 10.3 Å². The maximum atomic E-state index is 12.3. The SMILES string of the molecule is O=C(NCc1ccccc1)c1cc(Nc2ccc3c(c2)OCO3)ccn1. The van der Waals surface area contributed by atoms with Crippen molar-refractivity contribution in [2.75, 3.05) is 12.1 Å². The number of anilines is 2. The molecule has 0 saturated heterocycles. The first-order valence-electron chi connectivity index (χ1n) is 8.23. The van der Waals surface area contributed by atoms with Crippen LogP contribution in [0.4, 0.5) is 11.4 Å². The Bertz CT molecular complexity index is 929. The summed E-state index contributed by atoms with van der Waals surface area (Å²) in [4.78, 5) is 16.5. The fraction of sp³-hybridized carbons (Fsp3) is 0.100. The highest BCUT2D eigenvalue weighted by molar-refractivity contribution is 5.93. The van der Waals surface area contributed by atoms with Crippen LogP contribution in [0.25, 0.3) is 0 Å². The van der Waals surface area contributed by atoms with Crippen LogP contribution >= 0.6 is 0 Å². The molecule has 130 valence electrons. The third-order valence-corrected chi connectivity index (χ3v) is 3.95. The lowest BCUT2D eigenvalue weighted by Gasteiger charge is -2.09. The zero-order valence-electron chi connectivity index (χ0n) is 13.9. The van der Waals surface area contributed by atoms with Gasteiger partial charge in [0.25, 0.3) is 5.91 Å². The fourth-order valence-corrected chi connectivity index (χ4v) is 2.64. The molecule has 1 aliphatic rings. The van der Waals surface area contributed by atoms with Crippen LogP contribution < -0.4 is 20.1 Å². The van der Waals surface area contributed by atoms with Crippen LogP contribution in [0.5, 0.6) is 11.5 Å². The molecule has 2 N–H and O–H groups in total. The van der Waals surface area contributed by atoms with Gasteiger partial charge in [0.2, 0.25) is 6.79 Å². The molecule has 1 amide bonds. The second-order valence-corrected chi connectivity index (χ2v) is 5.79. The Hall–Kier alpha value is -3.54. The van der Waals surface area contributed by atoms with Gasteiger partial charge in [-0.25, -0.2) is 0 Å². The van der Waals surface area contributed by atoms with E-state index >= 15 is 0 Å². The van der Waals surface area contributed by atoms with Crippen molar-refractivity contribution in [2.45, 2.75) is 6.54 Å². The molecule has 0 unspecified atom stereocenters. The second kappa shape index (κ2) is 7.14. The van der Waals surface area contributed by atoms with E-state index in [2.05, 4.69) is 15.6 Å². The summed E-state index contributed by atoms with van der Waals surface area (Å²) in [6.07, 6.45) is 1.60. The van der Waals surface area contributed by atoms with Gasteiger partial charge in [0.05, 0.1) is 0 Å². The summed E-state index contributed by atoms with van der Waals surface area (Å²) in [7, 11) is 0. The molecule has 0 spiro atoms. The fourth-order valence-electron chi connectivity index (χ4n) is 2.64. The van der Waals surface area contributed by atoms with E-state index in [4.69, 9.17) is 9.47 Å². The average molecular weight is 347 g/mol. The molecule has 2 aromatic carbocycles. The first-order valence-corrected chi connectivity index (χ1v) is 8.23. The highest BCUT2D eigenvalue weighted by atomic mass is 16.7. The number of hydrogen-bond donors (Lipinski definition) is 2. The number of rotatable bonds is 5. The van der Waals surface area contributed by atoms with E-state index in [9.17, 15) is 4.79 Å². The van der Waals surface area contributed by atoms with Crippen LogP contribution in [0.2, 0.25) is 0 Å². The van der Waals surface area contributed by atoms with Gasteiger partial charge in [-0.2, -0.15) is 0 Å². The number of aromatic nitrogens is 1. The number of nitrogens with zero attached hydrogens (tertiary/aromatic N) is 1. The van der Waals surface area contributed by atoms with Crippen LogP contribution in [0.3, 0.4) is 0 Å². The molecule has 0 saturated carbocycles. The molecule has 2 heterocycles. The van der Waals surface area contributed by atoms with Crippen LogP contribution in [0.15, 0.2) is 66.9 Å². The molecule has 0 aliphatic carbocycles. The van der Waals surface area contributed by atoms with Gasteiger partial charge in [-0.1, -0.05) is 30.3 Å². The molecule has 0 fully saturated rings. The molecule has 1 aliphatic heterocycles. The largest absolute Gasteiger partial charge is 0.454 e. The normalized spacial score (nSPS) is 11.8. The Balaban J connectivity index is 1.43. The molecule has 6 nitrogen and oxygen atoms in total. The smallest absolute Gasteiger partial charge is 0.270 e. The summed E-state index contributed by atoms with van der Waals surface area (Å²) in [5.41, 5.74) is 3.00. The standard InChI is InChI=1S/C20H17N3O3/c24-20(22-12-14-4-2-1-3-5-14)17-10-16(8-9-21-17)23-15-6-7-18-19(11-15)26-13-25-18/h1-11H,12-13H2,(H,21,23)(H,22,24). The highest BCUT2D eigenvalue weighted by Gasteiger charge is 2.13. The lowest BCUT2D eigenvalue weighted by molar-refractivity contribution is 0.0946. The van der Waals surface area contributed by atoms with Gasteiger partial charge >= 0.3 is 0 Å². The maximum Gasteiger partial charge on any atom is 0.270 e. The minimum Gasteiger partial charge on any atom is -0.454 e. The zero-order chi connectivity index (χ0) is 17.8. The Morgan fingerprint density at radius 1 is 0.962 bits per heavy atom. The van der Waals surface area contributed by atoms with E-state index < -0.39 is 0 Å². The minimum absolute atomic E-state index is 0.219. The maximum absolute atomic E-state index is 12.3. The summed E-state index contributed by atoms with van der Waals surface area (Å²) >= 11 is 0. The zero-order valence-corrected chi connectivity index (χ0v) is 13.9. The van der Waals surface area contributed by atoms with Crippen LogP contribution in [0.1, 0.15) is 16.1 Å². The molecule has 0 atom stereocenters. The first kappa shape index (κ1) is 16.0. The molecule has 26 heavy (non-hydrogen) atoms. The number of ether oxygens (including phenoxy) is 2. The van der Waals surface area contributed by atoms with Gasteiger partial charge < -0.3 is 20.1 Å². The van der Waals surface area contributed by atoms with Crippen LogP contribution in [-0.2, 0) is 6.54 Å². The number of hydrogen-bond acceptors (Lipinski definition) is 5. The van der Waals surface area contributed by atoms with E-state index in [0.29, 0.717) is 18.0 Å². The number of carbonyl (C=O) groups excluding carboxylic acids is 1.